The molecule has 0 unspecified atom stereocenters. The number of hydrogen-bond donors (Lipinski definition) is 3. The molecule has 0 radical (unpaired) electrons. The third-order valence-electron chi connectivity index (χ3n) is 4.39. The molecule has 0 saturated heterocycles. The van der Waals surface area contributed by atoms with Gasteiger partial charge in [0.2, 0.25) is 0 Å². The Kier molecular flexibility index (Phi) is 8.33. The zero-order valence-electron chi connectivity index (χ0n) is 17.6. The Balaban J connectivity index is 1.46. The molecule has 0 saturated carbocycles. The zero-order valence-corrected chi connectivity index (χ0v) is 18.4. The topological polar surface area (TPSA) is 109 Å². The lowest BCUT2D eigenvalue weighted by molar-refractivity contribution is -0.143. The molecule has 0 aliphatic heterocycles. The summed E-state index contributed by atoms with van der Waals surface area (Å²) in [5.41, 5.74) is 2.77. The van der Waals surface area contributed by atoms with Crippen molar-refractivity contribution in [2.24, 2.45) is 0 Å². The fraction of sp³-hybridized carbons (Fsp3) is 0.217. The van der Waals surface area contributed by atoms with Crippen LogP contribution in [0.2, 0.25) is 0 Å². The van der Waals surface area contributed by atoms with Crippen molar-refractivity contribution >= 4 is 40.1 Å². The van der Waals surface area contributed by atoms with Crippen molar-refractivity contribution in [1.82, 2.24) is 10.3 Å². The van der Waals surface area contributed by atoms with Gasteiger partial charge in [0.1, 0.15) is 5.69 Å². The Hall–Kier alpha value is -3.72. The SMILES string of the molecule is CCOC(=O)CCc1ccc(NC(=O)c2csc(NC(=O)NCc3ccccc3)n2)cc1. The van der Waals surface area contributed by atoms with E-state index in [1.165, 1.54) is 11.3 Å². The number of aryl methyl sites for hydroxylation is 1. The van der Waals surface area contributed by atoms with Crippen molar-refractivity contribution in [3.05, 3.63) is 76.8 Å². The number of carbonyl (C=O) groups excluding carboxylic acids is 3. The second-order valence-electron chi connectivity index (χ2n) is 6.79. The summed E-state index contributed by atoms with van der Waals surface area (Å²) in [6, 6.07) is 16.4. The molecule has 0 aliphatic rings. The maximum atomic E-state index is 12.4. The predicted octanol–water partition coefficient (Wildman–Crippen LogP) is 4.21. The first-order valence-electron chi connectivity index (χ1n) is 10.1. The number of esters is 1. The first kappa shape index (κ1) is 23.0. The molecule has 3 amide bonds. The average molecular weight is 453 g/mol. The molecule has 0 fully saturated rings. The lowest BCUT2D eigenvalue weighted by Crippen LogP contribution is -2.28. The number of anilines is 2. The number of rotatable bonds is 9. The Morgan fingerprint density at radius 3 is 2.44 bits per heavy atom. The van der Waals surface area contributed by atoms with Gasteiger partial charge in [-0.05, 0) is 36.6 Å². The lowest BCUT2D eigenvalue weighted by Gasteiger charge is -2.06. The van der Waals surface area contributed by atoms with Crippen molar-refractivity contribution in [3.8, 4) is 0 Å². The summed E-state index contributed by atoms with van der Waals surface area (Å²) in [5.74, 6) is -0.607. The molecule has 1 heterocycles. The fourth-order valence-electron chi connectivity index (χ4n) is 2.78. The van der Waals surface area contributed by atoms with Gasteiger partial charge < -0.3 is 15.4 Å². The molecule has 3 rings (SSSR count). The van der Waals surface area contributed by atoms with Gasteiger partial charge in [-0.15, -0.1) is 11.3 Å². The molecule has 166 valence electrons. The molecule has 8 nitrogen and oxygen atoms in total. The van der Waals surface area contributed by atoms with Crippen LogP contribution in [0, 0.1) is 0 Å². The average Bonchev–Trinajstić information content (AvgIpc) is 3.27. The summed E-state index contributed by atoms with van der Waals surface area (Å²) in [6.07, 6.45) is 0.883. The zero-order chi connectivity index (χ0) is 22.8. The van der Waals surface area contributed by atoms with Gasteiger partial charge in [-0.2, -0.15) is 0 Å². The predicted molar refractivity (Wildman–Crippen MR) is 124 cm³/mol. The number of aromatic nitrogens is 1. The van der Waals surface area contributed by atoms with Gasteiger partial charge in [0.05, 0.1) is 6.61 Å². The van der Waals surface area contributed by atoms with E-state index in [1.54, 1.807) is 24.4 Å². The highest BCUT2D eigenvalue weighted by Gasteiger charge is 2.13. The lowest BCUT2D eigenvalue weighted by atomic mass is 10.1. The number of thiazole rings is 1. The third kappa shape index (κ3) is 7.21. The summed E-state index contributed by atoms with van der Waals surface area (Å²) in [7, 11) is 0. The molecule has 3 N–H and O–H groups in total. The van der Waals surface area contributed by atoms with E-state index in [0.29, 0.717) is 36.8 Å². The standard InChI is InChI=1S/C23H24N4O4S/c1-2-31-20(28)13-10-16-8-11-18(12-9-16)25-21(29)19-15-32-23(26-19)27-22(30)24-14-17-6-4-3-5-7-17/h3-9,11-12,15H,2,10,13-14H2,1H3,(H,25,29)(H2,24,26,27,30). The Morgan fingerprint density at radius 2 is 1.72 bits per heavy atom. The Morgan fingerprint density at radius 1 is 0.969 bits per heavy atom. The Labute approximate surface area is 190 Å². The quantitative estimate of drug-likeness (QED) is 0.421. The molecular formula is C23H24N4O4S. The van der Waals surface area contributed by atoms with Crippen LogP contribution in [0.1, 0.15) is 35.0 Å². The van der Waals surface area contributed by atoms with Crippen LogP contribution in [-0.2, 0) is 22.5 Å². The summed E-state index contributed by atoms with van der Waals surface area (Å²) >= 11 is 1.17. The van der Waals surface area contributed by atoms with Gasteiger partial charge >= 0.3 is 12.0 Å². The maximum Gasteiger partial charge on any atom is 0.321 e. The number of amides is 3. The van der Waals surface area contributed by atoms with E-state index < -0.39 is 6.03 Å². The molecule has 1 aromatic heterocycles. The number of benzene rings is 2. The monoisotopic (exact) mass is 452 g/mol. The van der Waals surface area contributed by atoms with Crippen LogP contribution in [0.25, 0.3) is 0 Å². The highest BCUT2D eigenvalue weighted by Crippen LogP contribution is 2.18. The largest absolute Gasteiger partial charge is 0.466 e. The van der Waals surface area contributed by atoms with Crippen LogP contribution in [0.15, 0.2) is 60.0 Å². The van der Waals surface area contributed by atoms with E-state index in [2.05, 4.69) is 20.9 Å². The second-order valence-corrected chi connectivity index (χ2v) is 7.65. The van der Waals surface area contributed by atoms with Crippen LogP contribution in [0.3, 0.4) is 0 Å². The van der Waals surface area contributed by atoms with Crippen LogP contribution >= 0.6 is 11.3 Å². The number of nitrogens with one attached hydrogen (secondary N) is 3. The molecule has 0 spiro atoms. The maximum absolute atomic E-state index is 12.4. The fourth-order valence-corrected chi connectivity index (χ4v) is 3.47. The van der Waals surface area contributed by atoms with Gasteiger partial charge in [0.25, 0.3) is 5.91 Å². The van der Waals surface area contributed by atoms with Gasteiger partial charge in [0.15, 0.2) is 5.13 Å². The number of nitrogens with zero attached hydrogens (tertiary/aromatic N) is 1. The molecule has 3 aromatic rings. The van der Waals surface area contributed by atoms with Gasteiger partial charge in [-0.1, -0.05) is 42.5 Å². The summed E-state index contributed by atoms with van der Waals surface area (Å²) in [4.78, 5) is 40.1. The van der Waals surface area contributed by atoms with Crippen LogP contribution in [0.5, 0.6) is 0 Å². The molecule has 32 heavy (non-hydrogen) atoms. The number of hydrogen-bond acceptors (Lipinski definition) is 6. The van der Waals surface area contributed by atoms with Gasteiger partial charge in [-0.25, -0.2) is 9.78 Å². The number of urea groups is 1. The minimum atomic E-state index is -0.395. The highest BCUT2D eigenvalue weighted by molar-refractivity contribution is 7.14. The van der Waals surface area contributed by atoms with Crippen molar-refractivity contribution in [2.45, 2.75) is 26.3 Å². The Bertz CT molecular complexity index is 1050. The molecular weight excluding hydrogens is 428 g/mol. The van der Waals surface area contributed by atoms with Crippen molar-refractivity contribution < 1.29 is 19.1 Å². The molecule has 2 aromatic carbocycles. The van der Waals surface area contributed by atoms with Crippen LogP contribution in [0.4, 0.5) is 15.6 Å². The second kappa shape index (κ2) is 11.6. The minimum Gasteiger partial charge on any atom is -0.466 e. The van der Waals surface area contributed by atoms with Gasteiger partial charge in [-0.3, -0.25) is 14.9 Å². The summed E-state index contributed by atoms with van der Waals surface area (Å²) < 4.78 is 4.92. The molecule has 0 bridgehead atoms. The van der Waals surface area contributed by atoms with Crippen LogP contribution in [-0.4, -0.2) is 29.5 Å². The number of ether oxygens (including phenoxy) is 1. The molecule has 9 heteroatoms. The third-order valence-corrected chi connectivity index (χ3v) is 5.15. The van der Waals surface area contributed by atoms with Gasteiger partial charge in [0, 0.05) is 24.0 Å². The smallest absolute Gasteiger partial charge is 0.321 e. The highest BCUT2D eigenvalue weighted by atomic mass is 32.1. The first-order valence-corrected chi connectivity index (χ1v) is 11.0. The van der Waals surface area contributed by atoms with E-state index in [1.807, 2.05) is 42.5 Å². The molecule has 0 aliphatic carbocycles. The van der Waals surface area contributed by atoms with Crippen molar-refractivity contribution in [1.29, 1.82) is 0 Å². The van der Waals surface area contributed by atoms with Crippen LogP contribution < -0.4 is 16.0 Å². The minimum absolute atomic E-state index is 0.208. The summed E-state index contributed by atoms with van der Waals surface area (Å²) in [5, 5.41) is 10.0. The van der Waals surface area contributed by atoms with Crippen molar-refractivity contribution in [2.75, 3.05) is 17.2 Å². The van der Waals surface area contributed by atoms with Crippen molar-refractivity contribution in [3.63, 3.8) is 0 Å². The molecule has 0 atom stereocenters. The van der Waals surface area contributed by atoms with E-state index in [4.69, 9.17) is 4.74 Å². The van der Waals surface area contributed by atoms with E-state index in [-0.39, 0.29) is 17.6 Å². The summed E-state index contributed by atoms with van der Waals surface area (Å²) in [6.45, 7) is 2.54. The van der Waals surface area contributed by atoms with E-state index >= 15 is 0 Å². The number of carbonyl (C=O) groups is 3. The van der Waals surface area contributed by atoms with E-state index in [0.717, 1.165) is 11.1 Å². The normalized spacial score (nSPS) is 10.3. The van der Waals surface area contributed by atoms with E-state index in [9.17, 15) is 14.4 Å². The first-order chi connectivity index (χ1) is 15.5.